The molecule has 2 N–H and O–H groups in total. The third-order valence-electron chi connectivity index (χ3n) is 2.61. The fourth-order valence-electron chi connectivity index (χ4n) is 1.75. The van der Waals surface area contributed by atoms with Crippen LogP contribution in [0.1, 0.15) is 36.2 Å². The van der Waals surface area contributed by atoms with E-state index in [4.69, 9.17) is 0 Å². The van der Waals surface area contributed by atoms with Gasteiger partial charge >= 0.3 is 0 Å². The Kier molecular flexibility index (Phi) is 5.82. The lowest BCUT2D eigenvalue weighted by Gasteiger charge is -2.14. The van der Waals surface area contributed by atoms with E-state index in [0.717, 1.165) is 10.0 Å². The molecule has 3 nitrogen and oxygen atoms in total. The third kappa shape index (κ3) is 4.78. The minimum atomic E-state index is -0.488. The quantitative estimate of drug-likeness (QED) is 0.878. The van der Waals surface area contributed by atoms with Gasteiger partial charge in [-0.3, -0.25) is 4.79 Å². The molecule has 0 heterocycles. The number of benzene rings is 1. The van der Waals surface area contributed by atoms with Gasteiger partial charge in [-0.2, -0.15) is 0 Å². The molecule has 0 aliphatic heterocycles. The molecule has 0 saturated carbocycles. The SMILES string of the molecule is Cc1ccc(Br)c(C(=O)NCC(O)CC(C)C)c1. The molecule has 0 fully saturated rings. The maximum absolute atomic E-state index is 12.0. The van der Waals surface area contributed by atoms with Crippen molar-refractivity contribution >= 4 is 21.8 Å². The van der Waals surface area contributed by atoms with Crippen molar-refractivity contribution in [3.8, 4) is 0 Å². The summed E-state index contributed by atoms with van der Waals surface area (Å²) in [6.45, 7) is 6.32. The number of nitrogens with one attached hydrogen (secondary N) is 1. The van der Waals surface area contributed by atoms with E-state index in [0.29, 0.717) is 17.9 Å². The van der Waals surface area contributed by atoms with Gasteiger partial charge in [0, 0.05) is 11.0 Å². The Labute approximate surface area is 117 Å². The Morgan fingerprint density at radius 2 is 2.11 bits per heavy atom. The van der Waals surface area contributed by atoms with Crippen LogP contribution < -0.4 is 5.32 Å². The predicted molar refractivity (Wildman–Crippen MR) is 76.7 cm³/mol. The van der Waals surface area contributed by atoms with E-state index in [1.165, 1.54) is 0 Å². The fraction of sp³-hybridized carbons (Fsp3) is 0.500. The highest BCUT2D eigenvalue weighted by molar-refractivity contribution is 9.10. The van der Waals surface area contributed by atoms with Crippen molar-refractivity contribution in [3.63, 3.8) is 0 Å². The van der Waals surface area contributed by atoms with Crippen molar-refractivity contribution in [2.75, 3.05) is 6.54 Å². The van der Waals surface area contributed by atoms with E-state index in [9.17, 15) is 9.90 Å². The minimum absolute atomic E-state index is 0.159. The van der Waals surface area contributed by atoms with Crippen LogP contribution in [0.25, 0.3) is 0 Å². The summed E-state index contributed by atoms with van der Waals surface area (Å²) in [6.07, 6.45) is 0.201. The van der Waals surface area contributed by atoms with Gasteiger partial charge in [-0.15, -0.1) is 0 Å². The molecule has 100 valence electrons. The molecule has 1 amide bonds. The first-order valence-corrected chi connectivity index (χ1v) is 6.92. The highest BCUT2D eigenvalue weighted by Crippen LogP contribution is 2.18. The molecule has 0 aromatic heterocycles. The molecule has 4 heteroatoms. The van der Waals surface area contributed by atoms with Crippen LogP contribution in [0.2, 0.25) is 0 Å². The summed E-state index contributed by atoms with van der Waals surface area (Å²) in [7, 11) is 0. The summed E-state index contributed by atoms with van der Waals surface area (Å²) in [5.74, 6) is 0.260. The number of halogens is 1. The van der Waals surface area contributed by atoms with Crippen molar-refractivity contribution in [2.24, 2.45) is 5.92 Å². The first-order chi connectivity index (χ1) is 8.40. The first-order valence-electron chi connectivity index (χ1n) is 6.12. The normalized spacial score (nSPS) is 12.6. The zero-order valence-corrected chi connectivity index (χ0v) is 12.6. The topological polar surface area (TPSA) is 49.3 Å². The fourth-order valence-corrected chi connectivity index (χ4v) is 2.17. The largest absolute Gasteiger partial charge is 0.391 e. The van der Waals surface area contributed by atoms with Gasteiger partial charge in [0.25, 0.3) is 5.91 Å². The molecule has 0 spiro atoms. The summed E-state index contributed by atoms with van der Waals surface area (Å²) in [5.41, 5.74) is 1.64. The Hall–Kier alpha value is -0.870. The van der Waals surface area contributed by atoms with Crippen molar-refractivity contribution in [1.82, 2.24) is 5.32 Å². The van der Waals surface area contributed by atoms with Crippen molar-refractivity contribution in [3.05, 3.63) is 33.8 Å². The molecule has 0 bridgehead atoms. The van der Waals surface area contributed by atoms with Crippen molar-refractivity contribution in [1.29, 1.82) is 0 Å². The number of aliphatic hydroxyl groups is 1. The Bertz CT molecular complexity index is 418. The highest BCUT2D eigenvalue weighted by atomic mass is 79.9. The van der Waals surface area contributed by atoms with Crippen LogP contribution in [0, 0.1) is 12.8 Å². The molecule has 0 aliphatic rings. The Morgan fingerprint density at radius 1 is 1.44 bits per heavy atom. The molecule has 0 saturated heterocycles. The van der Waals surface area contributed by atoms with E-state index < -0.39 is 6.10 Å². The second kappa shape index (κ2) is 6.90. The smallest absolute Gasteiger partial charge is 0.252 e. The predicted octanol–water partition coefficient (Wildman–Crippen LogP) is 2.89. The summed E-state index contributed by atoms with van der Waals surface area (Å²) in [4.78, 5) is 12.0. The Balaban J connectivity index is 2.58. The van der Waals surface area contributed by atoms with Crippen LogP contribution in [0.5, 0.6) is 0 Å². The average molecular weight is 314 g/mol. The number of carbonyl (C=O) groups is 1. The summed E-state index contributed by atoms with van der Waals surface area (Å²) >= 11 is 3.36. The molecule has 18 heavy (non-hydrogen) atoms. The monoisotopic (exact) mass is 313 g/mol. The highest BCUT2D eigenvalue weighted by Gasteiger charge is 2.12. The number of aliphatic hydroxyl groups excluding tert-OH is 1. The van der Waals surface area contributed by atoms with Gasteiger partial charge in [0.15, 0.2) is 0 Å². The molecule has 1 unspecified atom stereocenters. The molecule has 0 aliphatic carbocycles. The summed E-state index contributed by atoms with van der Waals surface area (Å²) in [5, 5.41) is 12.5. The van der Waals surface area contributed by atoms with E-state index in [1.54, 1.807) is 0 Å². The second-order valence-corrected chi connectivity index (χ2v) is 5.83. The van der Waals surface area contributed by atoms with Crippen molar-refractivity contribution < 1.29 is 9.90 Å². The van der Waals surface area contributed by atoms with Crippen molar-refractivity contribution in [2.45, 2.75) is 33.3 Å². The maximum atomic E-state index is 12.0. The third-order valence-corrected chi connectivity index (χ3v) is 3.30. The number of carbonyl (C=O) groups excluding carboxylic acids is 1. The maximum Gasteiger partial charge on any atom is 0.252 e. The van der Waals surface area contributed by atoms with E-state index in [-0.39, 0.29) is 12.5 Å². The molecule has 1 aromatic carbocycles. The molecule has 1 atom stereocenters. The van der Waals surface area contributed by atoms with Gasteiger partial charge < -0.3 is 10.4 Å². The summed E-state index contributed by atoms with van der Waals surface area (Å²) < 4.78 is 0.768. The van der Waals surface area contributed by atoms with Crippen LogP contribution in [0.4, 0.5) is 0 Å². The Morgan fingerprint density at radius 3 is 2.72 bits per heavy atom. The van der Waals surface area contributed by atoms with E-state index in [1.807, 2.05) is 39.0 Å². The number of hydrogen-bond acceptors (Lipinski definition) is 2. The molecule has 1 rings (SSSR count). The lowest BCUT2D eigenvalue weighted by Crippen LogP contribution is -2.33. The lowest BCUT2D eigenvalue weighted by atomic mass is 10.1. The zero-order valence-electron chi connectivity index (χ0n) is 11.0. The van der Waals surface area contributed by atoms with E-state index >= 15 is 0 Å². The first kappa shape index (κ1) is 15.2. The van der Waals surface area contributed by atoms with Crippen LogP contribution in [-0.4, -0.2) is 23.7 Å². The number of aryl methyl sites for hydroxylation is 1. The van der Waals surface area contributed by atoms with Crippen LogP contribution in [0.15, 0.2) is 22.7 Å². The standard InChI is InChI=1S/C14H20BrNO2/c1-9(2)6-11(17)8-16-14(18)12-7-10(3)4-5-13(12)15/h4-5,7,9,11,17H,6,8H2,1-3H3,(H,16,18). The average Bonchev–Trinajstić information content (AvgIpc) is 2.28. The van der Waals surface area contributed by atoms with Crippen LogP contribution in [0.3, 0.4) is 0 Å². The van der Waals surface area contributed by atoms with Gasteiger partial charge in [0.05, 0.1) is 11.7 Å². The minimum Gasteiger partial charge on any atom is -0.391 e. The molecule has 0 radical (unpaired) electrons. The second-order valence-electron chi connectivity index (χ2n) is 4.98. The van der Waals surface area contributed by atoms with Gasteiger partial charge in [0.1, 0.15) is 0 Å². The molecular weight excluding hydrogens is 294 g/mol. The zero-order chi connectivity index (χ0) is 13.7. The number of amides is 1. The summed E-state index contributed by atoms with van der Waals surface area (Å²) in [6, 6.07) is 5.62. The molecule has 1 aromatic rings. The van der Waals surface area contributed by atoms with Crippen LogP contribution >= 0.6 is 15.9 Å². The lowest BCUT2D eigenvalue weighted by molar-refractivity contribution is 0.0899. The van der Waals surface area contributed by atoms with Gasteiger partial charge in [-0.05, 0) is 47.3 Å². The van der Waals surface area contributed by atoms with Crippen LogP contribution in [-0.2, 0) is 0 Å². The molecular formula is C14H20BrNO2. The van der Waals surface area contributed by atoms with E-state index in [2.05, 4.69) is 21.2 Å². The number of rotatable bonds is 5. The number of hydrogen-bond donors (Lipinski definition) is 2. The van der Waals surface area contributed by atoms with Gasteiger partial charge in [-0.25, -0.2) is 0 Å². The van der Waals surface area contributed by atoms with Gasteiger partial charge in [-0.1, -0.05) is 25.5 Å². The van der Waals surface area contributed by atoms with Gasteiger partial charge in [0.2, 0.25) is 0 Å².